The van der Waals surface area contributed by atoms with Gasteiger partial charge in [0.15, 0.2) is 0 Å². The van der Waals surface area contributed by atoms with Crippen LogP contribution in [-0.2, 0) is 7.05 Å². The number of carbonyl (C=O) groups is 1. The second-order valence-electron chi connectivity index (χ2n) is 6.10. The summed E-state index contributed by atoms with van der Waals surface area (Å²) in [6.07, 6.45) is 4.25. The molecule has 1 saturated heterocycles. The molecule has 1 atom stereocenters. The summed E-state index contributed by atoms with van der Waals surface area (Å²) in [4.78, 5) is 33.7. The number of aromatic nitrogens is 4. The molecule has 0 saturated carbocycles. The SMILES string of the molecule is Cn1ccc(C(=O)N2CC[C@@H](c3cc4ncccc4c(=O)[nH]3)C2)n1. The standard InChI is InChI=1S/C17H17N5O2/c1-21-7-5-13(20-21)17(24)22-8-4-11(10-22)14-9-15-12(16(23)19-14)3-2-6-18-15/h2-3,5-7,9,11H,4,8,10H2,1H3,(H,19,23)/t11-/m1/s1. The molecule has 0 aromatic carbocycles. The smallest absolute Gasteiger partial charge is 0.274 e. The van der Waals surface area contributed by atoms with E-state index in [-0.39, 0.29) is 17.4 Å². The molecule has 0 aliphatic carbocycles. The van der Waals surface area contributed by atoms with Gasteiger partial charge in [0.1, 0.15) is 5.69 Å². The fraction of sp³-hybridized carbons (Fsp3) is 0.294. The number of rotatable bonds is 2. The van der Waals surface area contributed by atoms with Crippen LogP contribution in [0.25, 0.3) is 10.9 Å². The summed E-state index contributed by atoms with van der Waals surface area (Å²) in [5, 5.41) is 4.75. The van der Waals surface area contributed by atoms with Gasteiger partial charge in [-0.15, -0.1) is 0 Å². The largest absolute Gasteiger partial charge is 0.337 e. The first kappa shape index (κ1) is 14.6. The van der Waals surface area contributed by atoms with E-state index >= 15 is 0 Å². The van der Waals surface area contributed by atoms with Crippen LogP contribution in [-0.4, -0.2) is 43.6 Å². The summed E-state index contributed by atoms with van der Waals surface area (Å²) in [5.74, 6) is 0.0381. The van der Waals surface area contributed by atoms with Crippen LogP contribution >= 0.6 is 0 Å². The van der Waals surface area contributed by atoms with Crippen molar-refractivity contribution in [3.8, 4) is 0 Å². The zero-order chi connectivity index (χ0) is 16.7. The van der Waals surface area contributed by atoms with Gasteiger partial charge in [0.2, 0.25) is 0 Å². The Bertz CT molecular complexity index is 974. The molecule has 0 radical (unpaired) electrons. The number of nitrogens with zero attached hydrogens (tertiary/aromatic N) is 4. The number of pyridine rings is 2. The Balaban J connectivity index is 1.59. The molecule has 0 unspecified atom stereocenters. The van der Waals surface area contributed by atoms with E-state index in [4.69, 9.17) is 0 Å². The minimum atomic E-state index is -0.134. The van der Waals surface area contributed by atoms with E-state index < -0.39 is 0 Å². The van der Waals surface area contributed by atoms with Crippen LogP contribution in [0.15, 0.2) is 41.5 Å². The minimum absolute atomic E-state index is 0.0700. The average Bonchev–Trinajstić information content (AvgIpc) is 3.23. The van der Waals surface area contributed by atoms with Crippen LogP contribution < -0.4 is 5.56 Å². The minimum Gasteiger partial charge on any atom is -0.337 e. The first-order valence-electron chi connectivity index (χ1n) is 7.89. The molecule has 1 N–H and O–H groups in total. The van der Waals surface area contributed by atoms with Gasteiger partial charge in [-0.2, -0.15) is 5.10 Å². The van der Waals surface area contributed by atoms with Crippen LogP contribution in [0.3, 0.4) is 0 Å². The molecule has 1 aliphatic rings. The second kappa shape index (κ2) is 5.59. The Morgan fingerprint density at radius 3 is 3.04 bits per heavy atom. The summed E-state index contributed by atoms with van der Waals surface area (Å²) in [5.41, 5.74) is 1.84. The molecule has 1 amide bonds. The predicted octanol–water partition coefficient (Wildman–Crippen LogP) is 1.29. The third kappa shape index (κ3) is 2.47. The number of aryl methyl sites for hydroxylation is 1. The molecule has 1 fully saturated rings. The third-order valence-corrected chi connectivity index (χ3v) is 4.48. The average molecular weight is 323 g/mol. The number of carbonyl (C=O) groups excluding carboxylic acids is 1. The number of hydrogen-bond acceptors (Lipinski definition) is 4. The highest BCUT2D eigenvalue weighted by atomic mass is 16.2. The van der Waals surface area contributed by atoms with Gasteiger partial charge in [-0.25, -0.2) is 0 Å². The zero-order valence-electron chi connectivity index (χ0n) is 13.3. The summed E-state index contributed by atoms with van der Waals surface area (Å²) in [7, 11) is 1.79. The van der Waals surface area contributed by atoms with Crippen molar-refractivity contribution in [1.82, 2.24) is 24.6 Å². The number of aromatic amines is 1. The predicted molar refractivity (Wildman–Crippen MR) is 88.8 cm³/mol. The number of H-pyrrole nitrogens is 1. The Kier molecular flexibility index (Phi) is 3.41. The fourth-order valence-corrected chi connectivity index (χ4v) is 3.22. The monoisotopic (exact) mass is 323 g/mol. The molecule has 7 heteroatoms. The van der Waals surface area contributed by atoms with Crippen LogP contribution in [0, 0.1) is 0 Å². The van der Waals surface area contributed by atoms with E-state index in [1.807, 2.05) is 6.07 Å². The molecule has 0 bridgehead atoms. The first-order chi connectivity index (χ1) is 11.6. The van der Waals surface area contributed by atoms with Gasteiger partial charge in [-0.3, -0.25) is 19.3 Å². The summed E-state index contributed by atoms with van der Waals surface area (Å²) >= 11 is 0. The van der Waals surface area contributed by atoms with E-state index in [1.54, 1.807) is 47.2 Å². The lowest BCUT2D eigenvalue weighted by Crippen LogP contribution is -2.29. The van der Waals surface area contributed by atoms with Crippen molar-refractivity contribution in [3.05, 3.63) is 58.4 Å². The summed E-state index contributed by atoms with van der Waals surface area (Å²) in [6, 6.07) is 7.14. The lowest BCUT2D eigenvalue weighted by Gasteiger charge is -2.15. The molecule has 3 aromatic rings. The van der Waals surface area contributed by atoms with Crippen LogP contribution in [0.5, 0.6) is 0 Å². The Morgan fingerprint density at radius 1 is 1.38 bits per heavy atom. The number of nitrogens with one attached hydrogen (secondary N) is 1. The highest BCUT2D eigenvalue weighted by Gasteiger charge is 2.29. The maximum absolute atomic E-state index is 12.5. The van der Waals surface area contributed by atoms with E-state index in [1.165, 1.54) is 0 Å². The van der Waals surface area contributed by atoms with Gasteiger partial charge in [-0.05, 0) is 30.7 Å². The van der Waals surface area contributed by atoms with E-state index in [9.17, 15) is 9.59 Å². The zero-order valence-corrected chi connectivity index (χ0v) is 13.3. The maximum atomic E-state index is 12.5. The number of hydrogen-bond donors (Lipinski definition) is 1. The van der Waals surface area contributed by atoms with E-state index in [2.05, 4.69) is 15.1 Å². The van der Waals surface area contributed by atoms with Crippen LogP contribution in [0.2, 0.25) is 0 Å². The van der Waals surface area contributed by atoms with Crippen molar-refractivity contribution < 1.29 is 4.79 Å². The van der Waals surface area contributed by atoms with Crippen molar-refractivity contribution in [3.63, 3.8) is 0 Å². The Labute approximate surface area is 137 Å². The normalized spacial score (nSPS) is 17.5. The van der Waals surface area contributed by atoms with E-state index in [0.717, 1.165) is 12.1 Å². The first-order valence-corrected chi connectivity index (χ1v) is 7.89. The van der Waals surface area contributed by atoms with Crippen molar-refractivity contribution in [2.45, 2.75) is 12.3 Å². The Hall–Kier alpha value is -2.96. The summed E-state index contributed by atoms with van der Waals surface area (Å²) < 4.78 is 1.62. The number of amides is 1. The molecule has 24 heavy (non-hydrogen) atoms. The van der Waals surface area contributed by atoms with Gasteiger partial charge in [0, 0.05) is 44.1 Å². The van der Waals surface area contributed by atoms with Gasteiger partial charge in [-0.1, -0.05) is 0 Å². The molecule has 4 heterocycles. The van der Waals surface area contributed by atoms with Crippen molar-refractivity contribution in [2.24, 2.45) is 7.05 Å². The summed E-state index contributed by atoms with van der Waals surface area (Å²) in [6.45, 7) is 1.23. The molecular weight excluding hydrogens is 306 g/mol. The fourth-order valence-electron chi connectivity index (χ4n) is 3.22. The molecule has 3 aromatic heterocycles. The van der Waals surface area contributed by atoms with Crippen molar-refractivity contribution in [2.75, 3.05) is 13.1 Å². The molecule has 0 spiro atoms. The number of likely N-dealkylation sites (tertiary alicyclic amines) is 1. The molecule has 4 rings (SSSR count). The quantitative estimate of drug-likeness (QED) is 0.770. The molecular formula is C17H17N5O2. The van der Waals surface area contributed by atoms with Gasteiger partial charge in [0.25, 0.3) is 11.5 Å². The number of fused-ring (bicyclic) bond motifs is 1. The van der Waals surface area contributed by atoms with Gasteiger partial charge >= 0.3 is 0 Å². The highest BCUT2D eigenvalue weighted by molar-refractivity contribution is 5.92. The van der Waals surface area contributed by atoms with Gasteiger partial charge < -0.3 is 9.88 Å². The maximum Gasteiger partial charge on any atom is 0.274 e. The van der Waals surface area contributed by atoms with Crippen molar-refractivity contribution >= 4 is 16.8 Å². The lowest BCUT2D eigenvalue weighted by atomic mass is 10.0. The Morgan fingerprint density at radius 2 is 2.25 bits per heavy atom. The van der Waals surface area contributed by atoms with Crippen molar-refractivity contribution in [1.29, 1.82) is 0 Å². The topological polar surface area (TPSA) is 83.9 Å². The molecule has 7 nitrogen and oxygen atoms in total. The second-order valence-corrected chi connectivity index (χ2v) is 6.10. The van der Waals surface area contributed by atoms with Crippen LogP contribution in [0.4, 0.5) is 0 Å². The highest BCUT2D eigenvalue weighted by Crippen LogP contribution is 2.27. The third-order valence-electron chi connectivity index (χ3n) is 4.48. The molecule has 1 aliphatic heterocycles. The molecule has 122 valence electrons. The van der Waals surface area contributed by atoms with Crippen LogP contribution in [0.1, 0.15) is 28.5 Å². The van der Waals surface area contributed by atoms with Gasteiger partial charge in [0.05, 0.1) is 10.9 Å². The lowest BCUT2D eigenvalue weighted by molar-refractivity contribution is 0.0784. The van der Waals surface area contributed by atoms with E-state index in [0.29, 0.717) is 29.7 Å².